The molecule has 2 N–H and O–H groups in total. The van der Waals surface area contributed by atoms with E-state index in [2.05, 4.69) is 27.1 Å². The monoisotopic (exact) mass is 459 g/mol. The fourth-order valence-electron chi connectivity index (χ4n) is 4.37. The Labute approximate surface area is 190 Å². The first kappa shape index (κ1) is 22.3. The maximum Gasteiger partial charge on any atom is 0.405 e. The molecule has 3 atom stereocenters. The number of piperazine rings is 1. The minimum Gasteiger partial charge on any atom is -0.465 e. The summed E-state index contributed by atoms with van der Waals surface area (Å²) >= 11 is 1.84. The van der Waals surface area contributed by atoms with E-state index in [0.717, 1.165) is 17.3 Å². The van der Waals surface area contributed by atoms with Gasteiger partial charge in [-0.05, 0) is 31.5 Å². The van der Waals surface area contributed by atoms with Crippen molar-refractivity contribution in [1.29, 1.82) is 0 Å². The lowest BCUT2D eigenvalue weighted by molar-refractivity contribution is -0.134. The molecular formula is C22H26FN5O3S. The summed E-state index contributed by atoms with van der Waals surface area (Å²) in [6, 6.07) is 4.82. The Hall–Kier alpha value is -2.88. The molecule has 8 nitrogen and oxygen atoms in total. The van der Waals surface area contributed by atoms with Gasteiger partial charge in [-0.3, -0.25) is 4.79 Å². The lowest BCUT2D eigenvalue weighted by Gasteiger charge is -2.42. The molecule has 1 aromatic carbocycles. The summed E-state index contributed by atoms with van der Waals surface area (Å²) in [6.07, 6.45) is 0.501. The molecule has 0 spiro atoms. The van der Waals surface area contributed by atoms with Gasteiger partial charge in [0.15, 0.2) is 0 Å². The van der Waals surface area contributed by atoms with Gasteiger partial charge in [-0.25, -0.2) is 19.2 Å². The molecule has 10 heteroatoms. The maximum absolute atomic E-state index is 13.2. The number of amides is 2. The lowest BCUT2D eigenvalue weighted by Crippen LogP contribution is -2.58. The van der Waals surface area contributed by atoms with Gasteiger partial charge in [-0.15, -0.1) is 11.8 Å². The molecule has 1 saturated heterocycles. The first-order valence-electron chi connectivity index (χ1n) is 10.6. The van der Waals surface area contributed by atoms with Crippen LogP contribution in [-0.2, 0) is 17.0 Å². The van der Waals surface area contributed by atoms with Gasteiger partial charge in [-0.1, -0.05) is 12.1 Å². The van der Waals surface area contributed by atoms with Crippen LogP contribution >= 0.6 is 11.8 Å². The van der Waals surface area contributed by atoms with Crippen LogP contribution in [0.1, 0.15) is 35.9 Å². The van der Waals surface area contributed by atoms with Crippen molar-refractivity contribution in [3.05, 3.63) is 53.2 Å². The number of hydrogen-bond donors (Lipinski definition) is 2. The Morgan fingerprint density at radius 3 is 2.69 bits per heavy atom. The average Bonchev–Trinajstić information content (AvgIpc) is 3.15. The summed E-state index contributed by atoms with van der Waals surface area (Å²) in [5, 5.41) is 11.9. The predicted octanol–water partition coefficient (Wildman–Crippen LogP) is 2.84. The van der Waals surface area contributed by atoms with Gasteiger partial charge in [0, 0.05) is 48.7 Å². The first-order valence-corrected chi connectivity index (χ1v) is 11.6. The molecule has 0 aliphatic carbocycles. The van der Waals surface area contributed by atoms with Gasteiger partial charge in [0.05, 0.1) is 5.69 Å². The summed E-state index contributed by atoms with van der Waals surface area (Å²) < 4.78 is 13.2. The van der Waals surface area contributed by atoms with Crippen LogP contribution in [0.25, 0.3) is 0 Å². The highest BCUT2D eigenvalue weighted by Crippen LogP contribution is 2.44. The van der Waals surface area contributed by atoms with Crippen molar-refractivity contribution in [1.82, 2.24) is 20.2 Å². The van der Waals surface area contributed by atoms with Gasteiger partial charge in [0.25, 0.3) is 0 Å². The SMILES string of the molecule is C[C@@H]1SCc2ncnc(N3CCN(C(=O)[C@@H](Cc4ccc(F)cc4)NC(=O)O)C[C@@H]3C)c21. The van der Waals surface area contributed by atoms with Crippen LogP contribution in [0.2, 0.25) is 0 Å². The molecule has 0 bridgehead atoms. The van der Waals surface area contributed by atoms with Crippen LogP contribution in [0, 0.1) is 5.82 Å². The molecule has 1 fully saturated rings. The minimum absolute atomic E-state index is 0.0146. The topological polar surface area (TPSA) is 98.7 Å². The molecule has 3 heterocycles. The zero-order valence-corrected chi connectivity index (χ0v) is 18.8. The summed E-state index contributed by atoms with van der Waals surface area (Å²) in [4.78, 5) is 37.4. The number of benzene rings is 1. The molecule has 0 saturated carbocycles. The molecule has 170 valence electrons. The van der Waals surface area contributed by atoms with Crippen molar-refractivity contribution < 1.29 is 19.1 Å². The third-order valence-corrected chi connectivity index (χ3v) is 7.16. The Bertz CT molecular complexity index is 1010. The van der Waals surface area contributed by atoms with Gasteiger partial charge in [-0.2, -0.15) is 0 Å². The molecule has 0 unspecified atom stereocenters. The zero-order valence-electron chi connectivity index (χ0n) is 18.0. The van der Waals surface area contributed by atoms with Crippen molar-refractivity contribution >= 4 is 29.6 Å². The van der Waals surface area contributed by atoms with Gasteiger partial charge in [0.1, 0.15) is 24.0 Å². The third kappa shape index (κ3) is 4.64. The molecule has 1 aromatic heterocycles. The average molecular weight is 460 g/mol. The smallest absolute Gasteiger partial charge is 0.405 e. The van der Waals surface area contributed by atoms with Crippen LogP contribution in [-0.4, -0.2) is 63.7 Å². The first-order chi connectivity index (χ1) is 15.3. The quantitative estimate of drug-likeness (QED) is 0.709. The van der Waals surface area contributed by atoms with Crippen LogP contribution < -0.4 is 10.2 Å². The number of carboxylic acid groups (broad SMARTS) is 1. The minimum atomic E-state index is -1.26. The number of nitrogens with zero attached hydrogens (tertiary/aromatic N) is 4. The number of nitrogens with one attached hydrogen (secondary N) is 1. The highest BCUT2D eigenvalue weighted by Gasteiger charge is 2.35. The number of carbonyl (C=O) groups is 2. The second-order valence-electron chi connectivity index (χ2n) is 8.17. The molecule has 2 amide bonds. The van der Waals surface area contributed by atoms with E-state index in [-0.39, 0.29) is 24.2 Å². The summed E-state index contributed by atoms with van der Waals surface area (Å²) in [5.74, 6) is 1.15. The molecule has 2 aliphatic heterocycles. The van der Waals surface area contributed by atoms with Crippen molar-refractivity contribution in [2.45, 2.75) is 43.4 Å². The van der Waals surface area contributed by atoms with Crippen LogP contribution in [0.5, 0.6) is 0 Å². The normalized spacial score (nSPS) is 21.2. The van der Waals surface area contributed by atoms with Crippen LogP contribution in [0.4, 0.5) is 15.0 Å². The van der Waals surface area contributed by atoms with E-state index in [0.29, 0.717) is 30.4 Å². The van der Waals surface area contributed by atoms with Crippen molar-refractivity contribution in [3.8, 4) is 0 Å². The van der Waals surface area contributed by atoms with E-state index in [9.17, 15) is 19.1 Å². The van der Waals surface area contributed by atoms with Crippen molar-refractivity contribution in [3.63, 3.8) is 0 Å². The standard InChI is InChI=1S/C22H26FN5O3S/c1-13-10-27(7-8-28(13)20-19-14(2)32-11-18(19)24-12-25-20)21(29)17(26-22(30)31)9-15-3-5-16(23)6-4-15/h3-6,12-14,17,26H,7-11H2,1-2H3,(H,30,31)/t13-,14-,17+/m0/s1. The fourth-order valence-corrected chi connectivity index (χ4v) is 5.41. The molecule has 2 aliphatic rings. The number of rotatable bonds is 5. The van der Waals surface area contributed by atoms with Gasteiger partial charge < -0.3 is 20.2 Å². The van der Waals surface area contributed by atoms with E-state index in [1.165, 1.54) is 17.7 Å². The van der Waals surface area contributed by atoms with Gasteiger partial charge in [0.2, 0.25) is 5.91 Å². The van der Waals surface area contributed by atoms with Crippen LogP contribution in [0.3, 0.4) is 0 Å². The maximum atomic E-state index is 13.2. The number of aromatic nitrogens is 2. The fraction of sp³-hybridized carbons (Fsp3) is 0.455. The number of anilines is 1. The van der Waals surface area contributed by atoms with Crippen LogP contribution in [0.15, 0.2) is 30.6 Å². The molecule has 4 rings (SSSR count). The Kier molecular flexibility index (Phi) is 6.50. The van der Waals surface area contributed by atoms with E-state index < -0.39 is 12.1 Å². The van der Waals surface area contributed by atoms with Crippen molar-refractivity contribution in [2.75, 3.05) is 24.5 Å². The second kappa shape index (κ2) is 9.32. The Morgan fingerprint density at radius 1 is 1.25 bits per heavy atom. The largest absolute Gasteiger partial charge is 0.465 e. The number of fused-ring (bicyclic) bond motifs is 1. The highest BCUT2D eigenvalue weighted by atomic mass is 32.2. The van der Waals surface area contributed by atoms with E-state index in [4.69, 9.17) is 0 Å². The zero-order chi connectivity index (χ0) is 22.8. The van der Waals surface area contributed by atoms with E-state index in [1.807, 2.05) is 18.7 Å². The summed E-state index contributed by atoms with van der Waals surface area (Å²) in [6.45, 7) is 5.72. The number of hydrogen-bond acceptors (Lipinski definition) is 6. The van der Waals surface area contributed by atoms with E-state index in [1.54, 1.807) is 23.4 Å². The Balaban J connectivity index is 1.48. The summed E-state index contributed by atoms with van der Waals surface area (Å²) in [7, 11) is 0. The number of halogens is 1. The third-order valence-electron chi connectivity index (χ3n) is 5.98. The van der Waals surface area contributed by atoms with E-state index >= 15 is 0 Å². The lowest BCUT2D eigenvalue weighted by atomic mass is 10.0. The Morgan fingerprint density at radius 2 is 2.00 bits per heavy atom. The highest BCUT2D eigenvalue weighted by molar-refractivity contribution is 7.99. The predicted molar refractivity (Wildman–Crippen MR) is 120 cm³/mol. The number of thioether (sulfide) groups is 1. The molecular weight excluding hydrogens is 433 g/mol. The second-order valence-corrected chi connectivity index (χ2v) is 9.50. The molecule has 0 radical (unpaired) electrons. The molecule has 2 aromatic rings. The van der Waals surface area contributed by atoms with Crippen molar-refractivity contribution in [2.24, 2.45) is 0 Å². The van der Waals surface area contributed by atoms with Gasteiger partial charge >= 0.3 is 6.09 Å². The summed E-state index contributed by atoms with van der Waals surface area (Å²) in [5.41, 5.74) is 2.93. The number of carbonyl (C=O) groups excluding carboxylic acids is 1. The molecule has 32 heavy (non-hydrogen) atoms.